The number of hydrogen-bond acceptors (Lipinski definition) is 4. The highest BCUT2D eigenvalue weighted by Crippen LogP contribution is 2.47. The molecule has 1 aliphatic heterocycles. The van der Waals surface area contributed by atoms with Gasteiger partial charge >= 0.3 is 0 Å². The van der Waals surface area contributed by atoms with E-state index in [4.69, 9.17) is 4.74 Å². The summed E-state index contributed by atoms with van der Waals surface area (Å²) in [5, 5.41) is 0. The highest BCUT2D eigenvalue weighted by molar-refractivity contribution is 5.78. The van der Waals surface area contributed by atoms with Gasteiger partial charge in [0, 0.05) is 12.6 Å². The van der Waals surface area contributed by atoms with Crippen molar-refractivity contribution >= 4 is 5.91 Å². The van der Waals surface area contributed by atoms with E-state index in [1.807, 2.05) is 31.2 Å². The van der Waals surface area contributed by atoms with Gasteiger partial charge in [-0.3, -0.25) is 10.2 Å². The topological polar surface area (TPSA) is 53.6 Å². The molecular weight excluding hydrogens is 302 g/mol. The Hall–Kier alpha value is -1.59. The Morgan fingerprint density at radius 1 is 1.21 bits per heavy atom. The van der Waals surface area contributed by atoms with Crippen molar-refractivity contribution in [2.24, 2.45) is 11.8 Å². The molecule has 130 valence electrons. The quantitative estimate of drug-likeness (QED) is 0.870. The second kappa shape index (κ2) is 6.73. The fourth-order valence-corrected chi connectivity index (χ4v) is 4.68. The summed E-state index contributed by atoms with van der Waals surface area (Å²) in [7, 11) is 0. The van der Waals surface area contributed by atoms with E-state index in [-0.39, 0.29) is 18.7 Å². The third-order valence-electron chi connectivity index (χ3n) is 5.88. The van der Waals surface area contributed by atoms with Crippen LogP contribution in [0.4, 0.5) is 0 Å². The zero-order valence-electron chi connectivity index (χ0n) is 14.3. The molecule has 2 saturated carbocycles. The fraction of sp³-hybridized carbons (Fsp3) is 0.632. The first-order valence-electron chi connectivity index (χ1n) is 9.20. The van der Waals surface area contributed by atoms with Crippen LogP contribution in [-0.2, 0) is 4.79 Å². The lowest BCUT2D eigenvalue weighted by Crippen LogP contribution is -2.55. The van der Waals surface area contributed by atoms with Crippen molar-refractivity contribution in [2.75, 3.05) is 13.2 Å². The number of fused-ring (bicyclic) bond motifs is 2. The SMILES string of the molecule is Cc1ccc(OCC(=O)N(C2CCNN2)C2CC3CCC2C3)cc1. The Kier molecular flexibility index (Phi) is 4.46. The van der Waals surface area contributed by atoms with Crippen molar-refractivity contribution in [2.45, 2.75) is 51.2 Å². The van der Waals surface area contributed by atoms with E-state index in [1.165, 1.54) is 31.2 Å². The molecule has 2 aliphatic carbocycles. The molecule has 1 saturated heterocycles. The molecular formula is C19H27N3O2. The number of ether oxygens (including phenoxy) is 1. The van der Waals surface area contributed by atoms with Gasteiger partial charge < -0.3 is 9.64 Å². The van der Waals surface area contributed by atoms with Crippen molar-refractivity contribution in [3.63, 3.8) is 0 Å². The molecule has 1 aromatic rings. The number of carbonyl (C=O) groups excluding carboxylic acids is 1. The van der Waals surface area contributed by atoms with Crippen molar-refractivity contribution in [3.8, 4) is 5.75 Å². The van der Waals surface area contributed by atoms with Crippen LogP contribution in [0.3, 0.4) is 0 Å². The summed E-state index contributed by atoms with van der Waals surface area (Å²) < 4.78 is 5.76. The largest absolute Gasteiger partial charge is 0.484 e. The number of nitrogens with zero attached hydrogens (tertiary/aromatic N) is 1. The summed E-state index contributed by atoms with van der Waals surface area (Å²) in [6, 6.07) is 8.27. The summed E-state index contributed by atoms with van der Waals surface area (Å²) in [5.74, 6) is 2.37. The highest BCUT2D eigenvalue weighted by atomic mass is 16.5. The normalized spacial score (nSPS) is 31.4. The Bertz CT molecular complexity index is 583. The van der Waals surface area contributed by atoms with Crippen molar-refractivity contribution < 1.29 is 9.53 Å². The van der Waals surface area contributed by atoms with Crippen LogP contribution in [0.5, 0.6) is 5.75 Å². The first-order valence-corrected chi connectivity index (χ1v) is 9.20. The van der Waals surface area contributed by atoms with Crippen LogP contribution in [-0.4, -0.2) is 36.2 Å². The minimum atomic E-state index is 0.100. The Morgan fingerprint density at radius 3 is 2.67 bits per heavy atom. The third kappa shape index (κ3) is 3.15. The number of carbonyl (C=O) groups is 1. The van der Waals surface area contributed by atoms with Crippen LogP contribution >= 0.6 is 0 Å². The number of rotatable bonds is 5. The molecule has 1 aromatic carbocycles. The molecule has 4 rings (SSSR count). The number of benzene rings is 1. The molecule has 1 amide bonds. The second-order valence-electron chi connectivity index (χ2n) is 7.52. The maximum absolute atomic E-state index is 13.0. The Labute approximate surface area is 143 Å². The van der Waals surface area contributed by atoms with E-state index in [0.29, 0.717) is 12.0 Å². The molecule has 5 nitrogen and oxygen atoms in total. The average Bonchev–Trinajstić information content (AvgIpc) is 3.33. The number of aryl methyl sites for hydroxylation is 1. The lowest BCUT2D eigenvalue weighted by molar-refractivity contribution is -0.140. The van der Waals surface area contributed by atoms with Gasteiger partial charge in [0.2, 0.25) is 0 Å². The third-order valence-corrected chi connectivity index (χ3v) is 5.88. The van der Waals surface area contributed by atoms with Gasteiger partial charge in [-0.25, -0.2) is 5.43 Å². The monoisotopic (exact) mass is 329 g/mol. The summed E-state index contributed by atoms with van der Waals surface area (Å²) >= 11 is 0. The number of nitrogens with one attached hydrogen (secondary N) is 2. The molecule has 5 heteroatoms. The maximum Gasteiger partial charge on any atom is 0.262 e. The van der Waals surface area contributed by atoms with Gasteiger partial charge in [-0.2, -0.15) is 0 Å². The first kappa shape index (κ1) is 15.9. The molecule has 2 N–H and O–H groups in total. The van der Waals surface area contributed by atoms with Gasteiger partial charge in [0.05, 0.1) is 6.17 Å². The van der Waals surface area contributed by atoms with Crippen LogP contribution in [0.25, 0.3) is 0 Å². The highest BCUT2D eigenvalue weighted by Gasteiger charge is 2.46. The first-order chi connectivity index (χ1) is 11.7. The molecule has 0 radical (unpaired) electrons. The minimum Gasteiger partial charge on any atom is -0.484 e. The lowest BCUT2D eigenvalue weighted by Gasteiger charge is -2.38. The molecule has 0 aromatic heterocycles. The molecule has 3 fully saturated rings. The Morgan fingerprint density at radius 2 is 2.04 bits per heavy atom. The summed E-state index contributed by atoms with van der Waals surface area (Å²) in [6.07, 6.45) is 6.15. The van der Waals surface area contributed by atoms with Crippen molar-refractivity contribution in [1.82, 2.24) is 15.8 Å². The van der Waals surface area contributed by atoms with E-state index < -0.39 is 0 Å². The van der Waals surface area contributed by atoms with Crippen LogP contribution in [0.15, 0.2) is 24.3 Å². The van der Waals surface area contributed by atoms with E-state index >= 15 is 0 Å². The van der Waals surface area contributed by atoms with Gasteiger partial charge in [-0.15, -0.1) is 0 Å². The molecule has 24 heavy (non-hydrogen) atoms. The van der Waals surface area contributed by atoms with Gasteiger partial charge in [0.1, 0.15) is 5.75 Å². The predicted octanol–water partition coefficient (Wildman–Crippen LogP) is 2.22. The fourth-order valence-electron chi connectivity index (χ4n) is 4.68. The number of hydrazine groups is 1. The van der Waals surface area contributed by atoms with Gasteiger partial charge in [0.15, 0.2) is 6.61 Å². The average molecular weight is 329 g/mol. The standard InChI is InChI=1S/C19H27N3O2/c1-13-2-6-16(7-3-13)24-12-19(23)22(18-8-9-20-21-18)17-11-14-4-5-15(17)10-14/h2-3,6-7,14-15,17-18,20-21H,4-5,8-12H2,1H3. The second-order valence-corrected chi connectivity index (χ2v) is 7.52. The van der Waals surface area contributed by atoms with Crippen LogP contribution < -0.4 is 15.6 Å². The maximum atomic E-state index is 13.0. The Balaban J connectivity index is 1.44. The summed E-state index contributed by atoms with van der Waals surface area (Å²) in [4.78, 5) is 15.1. The molecule has 4 atom stereocenters. The molecule has 2 bridgehead atoms. The van der Waals surface area contributed by atoms with Crippen molar-refractivity contribution in [1.29, 1.82) is 0 Å². The van der Waals surface area contributed by atoms with E-state index in [2.05, 4.69) is 15.8 Å². The zero-order chi connectivity index (χ0) is 16.5. The smallest absolute Gasteiger partial charge is 0.262 e. The van der Waals surface area contributed by atoms with Crippen LogP contribution in [0.2, 0.25) is 0 Å². The van der Waals surface area contributed by atoms with Crippen molar-refractivity contribution in [3.05, 3.63) is 29.8 Å². The lowest BCUT2D eigenvalue weighted by atomic mass is 9.93. The van der Waals surface area contributed by atoms with E-state index in [0.717, 1.165) is 24.6 Å². The molecule has 3 aliphatic rings. The number of amides is 1. The van der Waals surface area contributed by atoms with Gasteiger partial charge in [-0.1, -0.05) is 24.1 Å². The summed E-state index contributed by atoms with van der Waals surface area (Å²) in [5.41, 5.74) is 7.64. The van der Waals surface area contributed by atoms with E-state index in [1.54, 1.807) is 0 Å². The molecule has 1 heterocycles. The minimum absolute atomic E-state index is 0.100. The van der Waals surface area contributed by atoms with Crippen LogP contribution in [0.1, 0.15) is 37.7 Å². The predicted molar refractivity (Wildman–Crippen MR) is 92.3 cm³/mol. The molecule has 0 spiro atoms. The molecule has 4 unspecified atom stereocenters. The zero-order valence-corrected chi connectivity index (χ0v) is 14.3. The van der Waals surface area contributed by atoms with Gasteiger partial charge in [-0.05, 0) is 56.6 Å². The van der Waals surface area contributed by atoms with E-state index in [9.17, 15) is 4.79 Å². The van der Waals surface area contributed by atoms with Crippen LogP contribution in [0, 0.1) is 18.8 Å². The number of hydrogen-bond donors (Lipinski definition) is 2. The summed E-state index contributed by atoms with van der Waals surface area (Å²) in [6.45, 7) is 3.08. The van der Waals surface area contributed by atoms with Gasteiger partial charge in [0.25, 0.3) is 5.91 Å².